The third kappa shape index (κ3) is 5.64. The van der Waals surface area contributed by atoms with Crippen molar-refractivity contribution in [2.45, 2.75) is 51.3 Å². The van der Waals surface area contributed by atoms with E-state index in [1.807, 2.05) is 20.8 Å². The van der Waals surface area contributed by atoms with Crippen LogP contribution in [0.25, 0.3) is 17.0 Å². The van der Waals surface area contributed by atoms with Crippen molar-refractivity contribution in [1.82, 2.24) is 14.8 Å². The van der Waals surface area contributed by atoms with Crippen LogP contribution in [0.4, 0.5) is 9.18 Å². The lowest BCUT2D eigenvalue weighted by Gasteiger charge is -2.36. The molecule has 2 N–H and O–H groups in total. The first kappa shape index (κ1) is 24.7. The zero-order valence-corrected chi connectivity index (χ0v) is 20.0. The highest BCUT2D eigenvalue weighted by molar-refractivity contribution is 5.96. The molecule has 1 aromatic heterocycles. The van der Waals surface area contributed by atoms with Crippen molar-refractivity contribution in [2.75, 3.05) is 26.2 Å². The number of alkyl carbamates (subject to hydrolysis) is 1. The molecule has 2 aliphatic rings. The minimum Gasteiger partial charge on any atom is -0.486 e. The number of aromatic nitrogens is 1. The molecule has 1 amide bonds. The zero-order valence-electron chi connectivity index (χ0n) is 20.0. The van der Waals surface area contributed by atoms with Crippen molar-refractivity contribution in [3.05, 3.63) is 46.0 Å². The lowest BCUT2D eigenvalue weighted by molar-refractivity contribution is -0.131. The van der Waals surface area contributed by atoms with Crippen LogP contribution in [0, 0.1) is 5.82 Å². The number of amides is 1. The average Bonchev–Trinajstić information content (AvgIpc) is 2.76. The molecule has 188 valence electrons. The fourth-order valence-corrected chi connectivity index (χ4v) is 4.63. The molecule has 2 aromatic rings. The summed E-state index contributed by atoms with van der Waals surface area (Å²) < 4.78 is 27.5. The molecule has 1 fully saturated rings. The van der Waals surface area contributed by atoms with Gasteiger partial charge in [0.05, 0.1) is 11.6 Å². The van der Waals surface area contributed by atoms with Gasteiger partial charge in [-0.15, -0.1) is 0 Å². The van der Waals surface area contributed by atoms with Crippen molar-refractivity contribution in [1.29, 1.82) is 0 Å². The molecule has 1 atom stereocenters. The molecular formula is C25H30FN3O6. The number of likely N-dealkylation sites (tertiary alicyclic amines) is 1. The van der Waals surface area contributed by atoms with Crippen LogP contribution in [-0.2, 0) is 9.53 Å². The van der Waals surface area contributed by atoms with Crippen molar-refractivity contribution < 1.29 is 28.6 Å². The highest BCUT2D eigenvalue weighted by atomic mass is 19.1. The van der Waals surface area contributed by atoms with Gasteiger partial charge in [-0.2, -0.15) is 0 Å². The van der Waals surface area contributed by atoms with E-state index in [-0.39, 0.29) is 30.0 Å². The number of rotatable bonds is 5. The summed E-state index contributed by atoms with van der Waals surface area (Å²) in [5, 5.41) is 12.4. The average molecular weight is 488 g/mol. The van der Waals surface area contributed by atoms with Gasteiger partial charge in [-0.25, -0.2) is 14.0 Å². The quantitative estimate of drug-likeness (QED) is 0.624. The molecule has 1 aromatic carbocycles. The van der Waals surface area contributed by atoms with Crippen molar-refractivity contribution in [3.8, 4) is 5.75 Å². The maximum absolute atomic E-state index is 14.8. The highest BCUT2D eigenvalue weighted by Crippen LogP contribution is 2.36. The molecule has 0 bridgehead atoms. The molecule has 0 aliphatic carbocycles. The zero-order chi connectivity index (χ0) is 25.3. The molecular weight excluding hydrogens is 457 g/mol. The second-order valence-corrected chi connectivity index (χ2v) is 9.94. The molecule has 9 nitrogen and oxygen atoms in total. The Morgan fingerprint density at radius 2 is 2.00 bits per heavy atom. The summed E-state index contributed by atoms with van der Waals surface area (Å²) in [6, 6.07) is 3.87. The second-order valence-electron chi connectivity index (χ2n) is 9.94. The van der Waals surface area contributed by atoms with Crippen LogP contribution in [-0.4, -0.2) is 64.5 Å². The smallest absolute Gasteiger partial charge is 0.407 e. The Hall–Kier alpha value is -3.40. The number of carboxylic acid groups (broad SMARTS) is 1. The molecule has 0 unspecified atom stereocenters. The second kappa shape index (κ2) is 9.69. The normalized spacial score (nSPS) is 19.0. The number of hydrogen-bond donors (Lipinski definition) is 2. The van der Waals surface area contributed by atoms with E-state index < -0.39 is 23.5 Å². The van der Waals surface area contributed by atoms with Gasteiger partial charge in [0.15, 0.2) is 11.6 Å². The van der Waals surface area contributed by atoms with Crippen LogP contribution >= 0.6 is 0 Å². The lowest BCUT2D eigenvalue weighted by atomic mass is 10.0. The van der Waals surface area contributed by atoms with Gasteiger partial charge in [-0.05, 0) is 57.4 Å². The maximum Gasteiger partial charge on any atom is 0.407 e. The topological polar surface area (TPSA) is 110 Å². The first-order valence-electron chi connectivity index (χ1n) is 11.7. The van der Waals surface area contributed by atoms with Crippen LogP contribution in [0.1, 0.15) is 45.2 Å². The van der Waals surface area contributed by atoms with Gasteiger partial charge in [0.2, 0.25) is 0 Å². The molecule has 1 saturated heterocycles. The van der Waals surface area contributed by atoms with Crippen LogP contribution in [0.3, 0.4) is 0 Å². The van der Waals surface area contributed by atoms with Gasteiger partial charge in [0.1, 0.15) is 12.2 Å². The number of carbonyl (C=O) groups excluding carboxylic acids is 1. The van der Waals surface area contributed by atoms with Gasteiger partial charge in [0.25, 0.3) is 5.56 Å². The Morgan fingerprint density at radius 1 is 1.29 bits per heavy atom. The predicted molar refractivity (Wildman–Crippen MR) is 128 cm³/mol. The number of halogens is 1. The van der Waals surface area contributed by atoms with Crippen molar-refractivity contribution in [2.24, 2.45) is 0 Å². The number of ether oxygens (including phenoxy) is 2. The van der Waals surface area contributed by atoms with E-state index in [9.17, 15) is 18.8 Å². The van der Waals surface area contributed by atoms with Crippen LogP contribution in [0.15, 0.2) is 29.1 Å². The summed E-state index contributed by atoms with van der Waals surface area (Å²) in [4.78, 5) is 38.1. The van der Waals surface area contributed by atoms with Crippen molar-refractivity contribution in [3.63, 3.8) is 0 Å². The Morgan fingerprint density at radius 3 is 2.66 bits per heavy atom. The molecule has 0 radical (unpaired) electrons. The Balaban J connectivity index is 1.51. The highest BCUT2D eigenvalue weighted by Gasteiger charge is 2.30. The van der Waals surface area contributed by atoms with Gasteiger partial charge < -0.3 is 24.8 Å². The number of carboxylic acids is 1. The number of pyridine rings is 1. The Kier molecular flexibility index (Phi) is 6.84. The molecule has 0 spiro atoms. The fraction of sp³-hybridized carbons (Fsp3) is 0.480. The molecule has 4 rings (SSSR count). The van der Waals surface area contributed by atoms with E-state index >= 15 is 0 Å². The monoisotopic (exact) mass is 487 g/mol. The summed E-state index contributed by atoms with van der Waals surface area (Å²) in [7, 11) is 0. The van der Waals surface area contributed by atoms with Gasteiger partial charge in [-0.3, -0.25) is 9.36 Å². The first-order valence-corrected chi connectivity index (χ1v) is 11.7. The molecule has 2 aliphatic heterocycles. The van der Waals surface area contributed by atoms with E-state index in [1.54, 1.807) is 10.6 Å². The molecule has 10 heteroatoms. The van der Waals surface area contributed by atoms with E-state index in [4.69, 9.17) is 14.6 Å². The predicted octanol–water partition coefficient (Wildman–Crippen LogP) is 3.16. The molecule has 0 saturated carbocycles. The van der Waals surface area contributed by atoms with E-state index in [0.29, 0.717) is 36.1 Å². The Bertz CT molecular complexity index is 1220. The third-order valence-corrected chi connectivity index (χ3v) is 6.12. The number of nitrogens with zero attached hydrogens (tertiary/aromatic N) is 2. The van der Waals surface area contributed by atoms with Gasteiger partial charge in [-0.1, -0.05) is 0 Å². The van der Waals surface area contributed by atoms with E-state index in [2.05, 4.69) is 10.2 Å². The van der Waals surface area contributed by atoms with Crippen molar-refractivity contribution >= 4 is 29.0 Å². The third-order valence-electron chi connectivity index (χ3n) is 6.12. The Labute approximate surface area is 202 Å². The number of carbonyl (C=O) groups is 2. The van der Waals surface area contributed by atoms with Crippen LogP contribution < -0.4 is 15.6 Å². The maximum atomic E-state index is 14.8. The van der Waals surface area contributed by atoms with Gasteiger partial charge in [0, 0.05) is 43.2 Å². The van der Waals surface area contributed by atoms with Gasteiger partial charge >= 0.3 is 12.1 Å². The largest absolute Gasteiger partial charge is 0.486 e. The number of aliphatic carboxylic acids is 1. The van der Waals surface area contributed by atoms with E-state index in [0.717, 1.165) is 18.9 Å². The van der Waals surface area contributed by atoms with Crippen LogP contribution in [0.5, 0.6) is 5.75 Å². The minimum atomic E-state index is -1.15. The summed E-state index contributed by atoms with van der Waals surface area (Å²) in [5.74, 6) is -1.79. The minimum absolute atomic E-state index is 0.00157. The molecule has 35 heavy (non-hydrogen) atoms. The number of piperidine rings is 1. The fourth-order valence-electron chi connectivity index (χ4n) is 4.63. The van der Waals surface area contributed by atoms with Crippen LogP contribution in [0.2, 0.25) is 0 Å². The van der Waals surface area contributed by atoms with E-state index in [1.165, 1.54) is 18.2 Å². The summed E-state index contributed by atoms with van der Waals surface area (Å²) in [5.41, 5.74) is -0.137. The first-order chi connectivity index (χ1) is 16.5. The number of nitrogens with one attached hydrogen (secondary N) is 1. The number of hydrogen-bond acceptors (Lipinski definition) is 6. The lowest BCUT2D eigenvalue weighted by Crippen LogP contribution is -2.48. The summed E-state index contributed by atoms with van der Waals surface area (Å²) in [6.07, 6.45) is 3.29. The SMILES string of the molecule is CC(C)(C)OC(=O)NC1CCN(C[C@@H]2COc3c(F)cc(C=CC(=O)O)c4ccc(=O)n2c34)CC1. The summed E-state index contributed by atoms with van der Waals surface area (Å²) >= 11 is 0. The molecule has 3 heterocycles. The number of benzene rings is 1. The standard InChI is InChI=1S/C25H30FN3O6/c1-25(2,3)35-24(33)27-16-8-10-28(11-9-16)13-17-14-34-23-19(26)12-15(4-7-21(31)32)18-5-6-20(30)29(17)22(18)23/h4-7,12,16-17H,8-11,13-14H2,1-3H3,(H,27,33)(H,31,32)/t17-/m1/s1. The summed E-state index contributed by atoms with van der Waals surface area (Å²) in [6.45, 7) is 7.55.